The van der Waals surface area contributed by atoms with Crippen LogP contribution in [-0.4, -0.2) is 31.3 Å². The first-order valence-electron chi connectivity index (χ1n) is 5.82. The zero-order valence-corrected chi connectivity index (χ0v) is 11.1. The normalized spacial score (nSPS) is 22.2. The van der Waals surface area contributed by atoms with Gasteiger partial charge in [0, 0.05) is 11.5 Å². The minimum atomic E-state index is -0.0475. The fourth-order valence-electron chi connectivity index (χ4n) is 2.06. The van der Waals surface area contributed by atoms with Crippen LogP contribution in [0.4, 0.5) is 0 Å². The van der Waals surface area contributed by atoms with E-state index in [2.05, 4.69) is 6.92 Å². The van der Waals surface area contributed by atoms with Crippen molar-refractivity contribution in [2.75, 3.05) is 25.2 Å². The fourth-order valence-corrected chi connectivity index (χ4v) is 2.98. The standard InChI is InChI=1S/C13H19NO2S/c1-9-7-10(15-2)3-4-11(9)13(14)12-8-17-6-5-16-12/h3-4,7,12-13H,5-6,8,14H2,1-2H3. The van der Waals surface area contributed by atoms with Gasteiger partial charge in [-0.05, 0) is 30.2 Å². The molecular weight excluding hydrogens is 234 g/mol. The number of methoxy groups -OCH3 is 1. The Bertz CT molecular complexity index is 378. The van der Waals surface area contributed by atoms with Crippen LogP contribution in [-0.2, 0) is 4.74 Å². The first-order chi connectivity index (χ1) is 8.22. The van der Waals surface area contributed by atoms with Crippen molar-refractivity contribution in [2.24, 2.45) is 5.73 Å². The van der Waals surface area contributed by atoms with Crippen molar-refractivity contribution in [1.82, 2.24) is 0 Å². The molecule has 1 aromatic carbocycles. The predicted octanol–water partition coefficient (Wildman–Crippen LogP) is 2.14. The second-order valence-electron chi connectivity index (χ2n) is 4.23. The van der Waals surface area contributed by atoms with Crippen molar-refractivity contribution < 1.29 is 9.47 Å². The smallest absolute Gasteiger partial charge is 0.119 e. The molecule has 2 N–H and O–H groups in total. The summed E-state index contributed by atoms with van der Waals surface area (Å²) in [5.41, 5.74) is 8.60. The third-order valence-corrected chi connectivity index (χ3v) is 4.10. The molecule has 0 saturated carbocycles. The van der Waals surface area contributed by atoms with Crippen molar-refractivity contribution in [3.63, 3.8) is 0 Å². The number of aryl methyl sites for hydroxylation is 1. The van der Waals surface area contributed by atoms with Crippen LogP contribution in [0.1, 0.15) is 17.2 Å². The van der Waals surface area contributed by atoms with E-state index in [1.165, 1.54) is 0 Å². The lowest BCUT2D eigenvalue weighted by atomic mass is 9.98. The van der Waals surface area contributed by atoms with E-state index in [9.17, 15) is 0 Å². The Morgan fingerprint density at radius 2 is 2.35 bits per heavy atom. The molecule has 0 amide bonds. The molecule has 2 unspecified atom stereocenters. The van der Waals surface area contributed by atoms with Crippen molar-refractivity contribution in [3.05, 3.63) is 29.3 Å². The third-order valence-electron chi connectivity index (χ3n) is 3.08. The summed E-state index contributed by atoms with van der Waals surface area (Å²) in [4.78, 5) is 0. The number of hydrogen-bond donors (Lipinski definition) is 1. The molecule has 1 heterocycles. The molecule has 1 aliphatic rings. The molecule has 0 spiro atoms. The Labute approximate surface area is 107 Å². The summed E-state index contributed by atoms with van der Waals surface area (Å²) >= 11 is 1.91. The molecule has 0 aliphatic carbocycles. The van der Waals surface area contributed by atoms with Gasteiger partial charge >= 0.3 is 0 Å². The van der Waals surface area contributed by atoms with Crippen molar-refractivity contribution in [2.45, 2.75) is 19.1 Å². The summed E-state index contributed by atoms with van der Waals surface area (Å²) in [6.45, 7) is 2.87. The van der Waals surface area contributed by atoms with Gasteiger partial charge in [-0.15, -0.1) is 0 Å². The summed E-state index contributed by atoms with van der Waals surface area (Å²) in [7, 11) is 1.68. The zero-order valence-electron chi connectivity index (χ0n) is 10.3. The highest BCUT2D eigenvalue weighted by atomic mass is 32.2. The van der Waals surface area contributed by atoms with Crippen LogP contribution >= 0.6 is 11.8 Å². The average Bonchev–Trinajstić information content (AvgIpc) is 2.39. The lowest BCUT2D eigenvalue weighted by Gasteiger charge is -2.28. The topological polar surface area (TPSA) is 44.5 Å². The number of nitrogens with two attached hydrogens (primary N) is 1. The lowest BCUT2D eigenvalue weighted by Crippen LogP contribution is -2.35. The Balaban J connectivity index is 2.15. The van der Waals surface area contributed by atoms with Crippen molar-refractivity contribution in [3.8, 4) is 5.75 Å². The maximum atomic E-state index is 6.28. The molecule has 17 heavy (non-hydrogen) atoms. The minimum absolute atomic E-state index is 0.0475. The van der Waals surface area contributed by atoms with Gasteiger partial charge in [0.25, 0.3) is 0 Å². The summed E-state index contributed by atoms with van der Waals surface area (Å²) in [5, 5.41) is 0. The molecule has 4 heteroatoms. The van der Waals surface area contributed by atoms with Crippen molar-refractivity contribution >= 4 is 11.8 Å². The van der Waals surface area contributed by atoms with Gasteiger partial charge in [0.1, 0.15) is 5.75 Å². The monoisotopic (exact) mass is 253 g/mol. The highest BCUT2D eigenvalue weighted by molar-refractivity contribution is 7.99. The Morgan fingerprint density at radius 3 is 2.94 bits per heavy atom. The van der Waals surface area contributed by atoms with E-state index in [1.807, 2.05) is 30.0 Å². The number of ether oxygens (including phenoxy) is 2. The summed E-state index contributed by atoms with van der Waals surface area (Å²) in [6, 6.07) is 5.97. The molecule has 0 radical (unpaired) electrons. The number of hydrogen-bond acceptors (Lipinski definition) is 4. The molecule has 94 valence electrons. The molecule has 1 saturated heterocycles. The largest absolute Gasteiger partial charge is 0.497 e. The third kappa shape index (κ3) is 2.94. The molecule has 1 fully saturated rings. The molecule has 0 aromatic heterocycles. The molecule has 1 aliphatic heterocycles. The highest BCUT2D eigenvalue weighted by Gasteiger charge is 2.24. The predicted molar refractivity (Wildman–Crippen MR) is 71.7 cm³/mol. The molecule has 1 aromatic rings. The SMILES string of the molecule is COc1ccc(C(N)C2CSCCO2)c(C)c1. The van der Waals surface area contributed by atoms with Gasteiger partial charge in [0.15, 0.2) is 0 Å². The van der Waals surface area contributed by atoms with E-state index in [1.54, 1.807) is 7.11 Å². The van der Waals surface area contributed by atoms with Gasteiger partial charge in [-0.1, -0.05) is 6.07 Å². The molecule has 0 bridgehead atoms. The first-order valence-corrected chi connectivity index (χ1v) is 6.97. The fraction of sp³-hybridized carbons (Fsp3) is 0.538. The lowest BCUT2D eigenvalue weighted by molar-refractivity contribution is 0.0568. The number of benzene rings is 1. The minimum Gasteiger partial charge on any atom is -0.497 e. The van der Waals surface area contributed by atoms with Crippen LogP contribution in [0.2, 0.25) is 0 Å². The molecule has 2 atom stereocenters. The van der Waals surface area contributed by atoms with Crippen LogP contribution in [0.3, 0.4) is 0 Å². The van der Waals surface area contributed by atoms with E-state index in [0.717, 1.165) is 35.0 Å². The van der Waals surface area contributed by atoms with Crippen LogP contribution in [0, 0.1) is 6.92 Å². The Hall–Kier alpha value is -0.710. The Morgan fingerprint density at radius 1 is 1.53 bits per heavy atom. The number of rotatable bonds is 3. The van der Waals surface area contributed by atoms with Gasteiger partial charge in [-0.2, -0.15) is 11.8 Å². The first kappa shape index (κ1) is 12.7. The van der Waals surface area contributed by atoms with Crippen LogP contribution in [0.25, 0.3) is 0 Å². The van der Waals surface area contributed by atoms with E-state index < -0.39 is 0 Å². The van der Waals surface area contributed by atoms with E-state index in [-0.39, 0.29) is 12.1 Å². The van der Waals surface area contributed by atoms with Crippen molar-refractivity contribution in [1.29, 1.82) is 0 Å². The summed E-state index contributed by atoms with van der Waals surface area (Å²) < 4.78 is 10.9. The van der Waals surface area contributed by atoms with E-state index in [4.69, 9.17) is 15.2 Å². The summed E-state index contributed by atoms with van der Waals surface area (Å²) in [6.07, 6.45) is 0.126. The molecule has 3 nitrogen and oxygen atoms in total. The van der Waals surface area contributed by atoms with Gasteiger partial charge in [-0.25, -0.2) is 0 Å². The maximum Gasteiger partial charge on any atom is 0.119 e. The van der Waals surface area contributed by atoms with Gasteiger partial charge in [-0.3, -0.25) is 0 Å². The second-order valence-corrected chi connectivity index (χ2v) is 5.38. The highest BCUT2D eigenvalue weighted by Crippen LogP contribution is 2.27. The van der Waals surface area contributed by atoms with E-state index >= 15 is 0 Å². The van der Waals surface area contributed by atoms with E-state index in [0.29, 0.717) is 0 Å². The quantitative estimate of drug-likeness (QED) is 0.896. The molecular formula is C13H19NO2S. The second kappa shape index (κ2) is 5.76. The average molecular weight is 253 g/mol. The van der Waals surface area contributed by atoms with Gasteiger partial charge < -0.3 is 15.2 Å². The number of thioether (sulfide) groups is 1. The Kier molecular flexibility index (Phi) is 4.31. The zero-order chi connectivity index (χ0) is 12.3. The van der Waals surface area contributed by atoms with Crippen LogP contribution < -0.4 is 10.5 Å². The summed E-state index contributed by atoms with van der Waals surface area (Å²) in [5.74, 6) is 2.93. The van der Waals surface area contributed by atoms with Crippen LogP contribution in [0.5, 0.6) is 5.75 Å². The maximum absolute atomic E-state index is 6.28. The van der Waals surface area contributed by atoms with Crippen LogP contribution in [0.15, 0.2) is 18.2 Å². The van der Waals surface area contributed by atoms with Gasteiger partial charge in [0.05, 0.1) is 25.9 Å². The van der Waals surface area contributed by atoms with Gasteiger partial charge in [0.2, 0.25) is 0 Å². The molecule has 2 rings (SSSR count).